The molecule has 0 aliphatic carbocycles. The number of nitrogens with one attached hydrogen (secondary N) is 2. The Hall–Kier alpha value is -3.20. The van der Waals surface area contributed by atoms with Crippen molar-refractivity contribution in [2.75, 3.05) is 11.9 Å². The first-order valence-corrected chi connectivity index (χ1v) is 9.42. The van der Waals surface area contributed by atoms with Crippen LogP contribution >= 0.6 is 11.3 Å². The Bertz CT molecular complexity index is 1180. The summed E-state index contributed by atoms with van der Waals surface area (Å²) in [6.45, 7) is 5.36. The number of benzene rings is 1. The van der Waals surface area contributed by atoms with E-state index >= 15 is 0 Å². The first-order valence-electron chi connectivity index (χ1n) is 8.61. The summed E-state index contributed by atoms with van der Waals surface area (Å²) in [4.78, 5) is 45.0. The molecule has 1 atom stereocenters. The number of aromatic amines is 1. The van der Waals surface area contributed by atoms with Crippen LogP contribution in [-0.4, -0.2) is 28.5 Å². The van der Waals surface area contributed by atoms with Crippen LogP contribution in [0, 0.1) is 13.8 Å². The highest BCUT2D eigenvalue weighted by molar-refractivity contribution is 7.18. The molecule has 1 amide bonds. The average Bonchev–Trinajstić information content (AvgIpc) is 2.95. The Balaban J connectivity index is 1.57. The van der Waals surface area contributed by atoms with Gasteiger partial charge in [-0.3, -0.25) is 9.59 Å². The number of fused-ring (bicyclic) bond motifs is 2. The van der Waals surface area contributed by atoms with Gasteiger partial charge in [-0.25, -0.2) is 9.78 Å². The Morgan fingerprint density at radius 1 is 1.32 bits per heavy atom. The molecule has 1 aliphatic heterocycles. The number of carbonyl (C=O) groups excluding carboxylic acids is 2. The molecule has 0 fully saturated rings. The smallest absolute Gasteiger partial charge is 0.338 e. The van der Waals surface area contributed by atoms with Crippen molar-refractivity contribution in [3.8, 4) is 5.75 Å². The fraction of sp³-hybridized carbons (Fsp3) is 0.263. The van der Waals surface area contributed by atoms with Gasteiger partial charge >= 0.3 is 5.97 Å². The molecule has 1 unspecified atom stereocenters. The van der Waals surface area contributed by atoms with Crippen LogP contribution in [0.25, 0.3) is 10.2 Å². The van der Waals surface area contributed by atoms with Crippen LogP contribution in [0.2, 0.25) is 0 Å². The molecule has 9 heteroatoms. The number of amides is 1. The first kappa shape index (κ1) is 18.2. The SMILES string of the molecule is Cc1sc2nc(C(C)OC(=O)c3ccc4c(c3)OCC(=O)N4)[nH]c(=O)c2c1C. The van der Waals surface area contributed by atoms with Gasteiger partial charge in [0.25, 0.3) is 11.5 Å². The van der Waals surface area contributed by atoms with E-state index in [1.165, 1.54) is 23.5 Å². The molecule has 0 radical (unpaired) electrons. The number of ether oxygens (including phenoxy) is 2. The third-order valence-electron chi connectivity index (χ3n) is 4.58. The lowest BCUT2D eigenvalue weighted by Gasteiger charge is -2.18. The van der Waals surface area contributed by atoms with Crippen molar-refractivity contribution in [2.24, 2.45) is 0 Å². The zero-order chi connectivity index (χ0) is 20.0. The number of hydrogen-bond donors (Lipinski definition) is 2. The number of H-pyrrole nitrogens is 1. The van der Waals surface area contributed by atoms with Gasteiger partial charge in [0.15, 0.2) is 18.5 Å². The second-order valence-electron chi connectivity index (χ2n) is 6.51. The number of aryl methyl sites for hydroxylation is 2. The van der Waals surface area contributed by atoms with E-state index < -0.39 is 12.1 Å². The van der Waals surface area contributed by atoms with Gasteiger partial charge < -0.3 is 19.8 Å². The third kappa shape index (κ3) is 3.13. The average molecular weight is 399 g/mol. The van der Waals surface area contributed by atoms with E-state index in [0.29, 0.717) is 21.7 Å². The van der Waals surface area contributed by atoms with Crippen LogP contribution in [0.4, 0.5) is 5.69 Å². The van der Waals surface area contributed by atoms with Gasteiger partial charge in [-0.15, -0.1) is 11.3 Å². The van der Waals surface area contributed by atoms with Gasteiger partial charge in [-0.1, -0.05) is 0 Å². The lowest BCUT2D eigenvalue weighted by Crippen LogP contribution is -2.25. The minimum Gasteiger partial charge on any atom is -0.482 e. The minimum atomic E-state index is -0.746. The predicted octanol–water partition coefficient (Wildman–Crippen LogP) is 2.85. The molecule has 2 aromatic heterocycles. The van der Waals surface area contributed by atoms with Crippen LogP contribution in [0.3, 0.4) is 0 Å². The second-order valence-corrected chi connectivity index (χ2v) is 7.71. The largest absolute Gasteiger partial charge is 0.482 e. The molecular formula is C19H17N3O5S. The van der Waals surface area contributed by atoms with Gasteiger partial charge in [-0.2, -0.15) is 0 Å². The number of thiophene rings is 1. The Morgan fingerprint density at radius 3 is 2.89 bits per heavy atom. The molecule has 4 rings (SSSR count). The first-order chi connectivity index (χ1) is 13.3. The lowest BCUT2D eigenvalue weighted by molar-refractivity contribution is -0.118. The number of carbonyl (C=O) groups is 2. The molecule has 0 saturated carbocycles. The van der Waals surface area contributed by atoms with Crippen molar-refractivity contribution in [3.05, 3.63) is 50.4 Å². The number of hydrogen-bond acceptors (Lipinski definition) is 7. The number of aromatic nitrogens is 2. The van der Waals surface area contributed by atoms with Crippen molar-refractivity contribution in [2.45, 2.75) is 26.9 Å². The highest BCUT2D eigenvalue weighted by atomic mass is 32.1. The third-order valence-corrected chi connectivity index (χ3v) is 5.68. The summed E-state index contributed by atoms with van der Waals surface area (Å²) in [7, 11) is 0. The van der Waals surface area contributed by atoms with Crippen molar-refractivity contribution < 1.29 is 19.1 Å². The van der Waals surface area contributed by atoms with Gasteiger partial charge in [0, 0.05) is 4.88 Å². The maximum Gasteiger partial charge on any atom is 0.338 e. The second kappa shape index (κ2) is 6.75. The van der Waals surface area contributed by atoms with E-state index in [2.05, 4.69) is 15.3 Å². The maximum absolute atomic E-state index is 12.5. The topological polar surface area (TPSA) is 110 Å². The van der Waals surface area contributed by atoms with Crippen LogP contribution in [0.1, 0.15) is 39.7 Å². The van der Waals surface area contributed by atoms with E-state index in [1.807, 2.05) is 13.8 Å². The van der Waals surface area contributed by atoms with Crippen molar-refractivity contribution in [1.29, 1.82) is 0 Å². The van der Waals surface area contributed by atoms with Crippen LogP contribution in [0.5, 0.6) is 5.75 Å². The molecule has 0 spiro atoms. The number of anilines is 1. The molecule has 144 valence electrons. The van der Waals surface area contributed by atoms with E-state index in [9.17, 15) is 14.4 Å². The monoisotopic (exact) mass is 399 g/mol. The molecule has 1 aliphatic rings. The summed E-state index contributed by atoms with van der Waals surface area (Å²) in [5, 5.41) is 3.23. The van der Waals surface area contributed by atoms with Crippen LogP contribution in [-0.2, 0) is 9.53 Å². The zero-order valence-electron chi connectivity index (χ0n) is 15.4. The molecule has 28 heavy (non-hydrogen) atoms. The highest BCUT2D eigenvalue weighted by Gasteiger charge is 2.22. The zero-order valence-corrected chi connectivity index (χ0v) is 16.2. The van der Waals surface area contributed by atoms with Gasteiger partial charge in [0.1, 0.15) is 10.6 Å². The molecule has 0 saturated heterocycles. The Morgan fingerprint density at radius 2 is 2.11 bits per heavy atom. The summed E-state index contributed by atoms with van der Waals surface area (Å²) in [5.74, 6) is -0.147. The van der Waals surface area contributed by atoms with E-state index in [4.69, 9.17) is 9.47 Å². The summed E-state index contributed by atoms with van der Waals surface area (Å²) >= 11 is 1.43. The molecule has 2 N–H and O–H groups in total. The maximum atomic E-state index is 12.5. The van der Waals surface area contributed by atoms with Crippen LogP contribution < -0.4 is 15.6 Å². The molecule has 8 nitrogen and oxygen atoms in total. The Kier molecular flexibility index (Phi) is 4.38. The lowest BCUT2D eigenvalue weighted by atomic mass is 10.1. The van der Waals surface area contributed by atoms with Crippen molar-refractivity contribution in [3.63, 3.8) is 0 Å². The summed E-state index contributed by atoms with van der Waals surface area (Å²) < 4.78 is 10.8. The molecule has 3 heterocycles. The van der Waals surface area contributed by atoms with Crippen molar-refractivity contribution >= 4 is 39.1 Å². The number of nitrogens with zero attached hydrogens (tertiary/aromatic N) is 1. The predicted molar refractivity (Wildman–Crippen MR) is 104 cm³/mol. The summed E-state index contributed by atoms with van der Waals surface area (Å²) in [5.41, 5.74) is 1.43. The fourth-order valence-electron chi connectivity index (χ4n) is 2.95. The fourth-order valence-corrected chi connectivity index (χ4v) is 3.99. The molecule has 1 aromatic carbocycles. The standard InChI is InChI=1S/C19H17N3O5S/c1-8-10(3)28-18-15(8)17(24)21-16(22-18)9(2)27-19(25)11-4-5-12-13(6-11)26-7-14(23)20-12/h4-6,9H,7H2,1-3H3,(H,20,23)(H,21,22,24). The van der Waals surface area contributed by atoms with Crippen molar-refractivity contribution in [1.82, 2.24) is 9.97 Å². The van der Waals surface area contributed by atoms with E-state index in [-0.39, 0.29) is 29.5 Å². The summed E-state index contributed by atoms with van der Waals surface area (Å²) in [6.07, 6.45) is -0.746. The van der Waals surface area contributed by atoms with Gasteiger partial charge in [0.2, 0.25) is 0 Å². The molecule has 0 bridgehead atoms. The Labute approximate surface area is 163 Å². The van der Waals surface area contributed by atoms with Crippen LogP contribution in [0.15, 0.2) is 23.0 Å². The number of rotatable bonds is 3. The molecular weight excluding hydrogens is 382 g/mol. The van der Waals surface area contributed by atoms with E-state index in [1.54, 1.807) is 13.0 Å². The highest BCUT2D eigenvalue weighted by Crippen LogP contribution is 2.30. The summed E-state index contributed by atoms with van der Waals surface area (Å²) in [6, 6.07) is 4.63. The normalized spacial score (nSPS) is 14.2. The quantitative estimate of drug-likeness (QED) is 0.655. The van der Waals surface area contributed by atoms with E-state index in [0.717, 1.165) is 10.4 Å². The number of esters is 1. The molecule has 3 aromatic rings. The van der Waals surface area contributed by atoms with Gasteiger partial charge in [-0.05, 0) is 44.5 Å². The van der Waals surface area contributed by atoms with Gasteiger partial charge in [0.05, 0.1) is 16.6 Å². The minimum absolute atomic E-state index is 0.104.